The summed E-state index contributed by atoms with van der Waals surface area (Å²) in [5.41, 5.74) is 2.98. The molecule has 0 aromatic heterocycles. The number of cyclic esters (lactones) is 1. The van der Waals surface area contributed by atoms with Gasteiger partial charge >= 0.3 is 11.9 Å². The van der Waals surface area contributed by atoms with Crippen LogP contribution in [0.3, 0.4) is 0 Å². The largest absolute Gasteiger partial charge is 0.508 e. The van der Waals surface area contributed by atoms with Crippen molar-refractivity contribution in [2.75, 3.05) is 0 Å². The zero-order valence-electron chi connectivity index (χ0n) is 20.4. The van der Waals surface area contributed by atoms with Gasteiger partial charge in [-0.2, -0.15) is 0 Å². The highest BCUT2D eigenvalue weighted by Crippen LogP contribution is 2.52. The quantitative estimate of drug-likeness (QED) is 0.390. The van der Waals surface area contributed by atoms with E-state index >= 15 is 0 Å². The molecule has 0 fully saturated rings. The predicted octanol–water partition coefficient (Wildman–Crippen LogP) is 5.51. The van der Waals surface area contributed by atoms with E-state index in [1.54, 1.807) is 24.3 Å². The van der Waals surface area contributed by atoms with Gasteiger partial charge in [-0.3, -0.25) is 0 Å². The summed E-state index contributed by atoms with van der Waals surface area (Å²) in [7, 11) is 0. The van der Waals surface area contributed by atoms with Gasteiger partial charge < -0.3 is 20.1 Å². The Bertz CT molecular complexity index is 1280. The second kappa shape index (κ2) is 9.10. The molecule has 35 heavy (non-hydrogen) atoms. The number of hydrogen-bond acceptors (Lipinski definition) is 5. The first kappa shape index (κ1) is 24.3. The smallest absolute Gasteiger partial charge is 0.340 e. The Morgan fingerprint density at radius 3 is 1.71 bits per heavy atom. The summed E-state index contributed by atoms with van der Waals surface area (Å²) in [4.78, 5) is 25.8. The Balaban J connectivity index is 2.26. The van der Waals surface area contributed by atoms with Crippen molar-refractivity contribution in [1.29, 1.82) is 0 Å². The van der Waals surface area contributed by atoms with Crippen LogP contribution in [0.15, 0.2) is 42.5 Å². The van der Waals surface area contributed by atoms with Crippen LogP contribution in [0.5, 0.6) is 11.5 Å². The number of rotatable bonds is 7. The van der Waals surface area contributed by atoms with Crippen LogP contribution < -0.4 is 0 Å². The van der Waals surface area contributed by atoms with E-state index in [4.69, 9.17) is 4.74 Å². The number of carboxylic acids is 1. The van der Waals surface area contributed by atoms with Crippen molar-refractivity contribution in [1.82, 2.24) is 0 Å². The van der Waals surface area contributed by atoms with E-state index in [0.29, 0.717) is 47.9 Å². The molecule has 1 heterocycles. The molecule has 0 unspecified atom stereocenters. The summed E-state index contributed by atoms with van der Waals surface area (Å²) in [6.45, 7) is 7.71. The molecule has 3 N–H and O–H groups in total. The molecule has 0 saturated carbocycles. The second-order valence-corrected chi connectivity index (χ2v) is 8.79. The van der Waals surface area contributed by atoms with Crippen LogP contribution in [0, 0.1) is 0 Å². The van der Waals surface area contributed by atoms with Gasteiger partial charge in [0.2, 0.25) is 0 Å². The summed E-state index contributed by atoms with van der Waals surface area (Å²) < 4.78 is 6.28. The lowest BCUT2D eigenvalue weighted by molar-refractivity contribution is 0.0241. The van der Waals surface area contributed by atoms with Gasteiger partial charge in [0.05, 0.1) is 11.1 Å². The molecule has 3 aromatic rings. The molecular formula is C29H30O6. The van der Waals surface area contributed by atoms with E-state index in [9.17, 15) is 24.9 Å². The number of aromatic carboxylic acids is 1. The molecule has 4 rings (SSSR count). The molecule has 0 aliphatic carbocycles. The molecule has 3 aromatic carbocycles. The Labute approximate surface area is 204 Å². The van der Waals surface area contributed by atoms with E-state index < -0.39 is 17.5 Å². The third-order valence-corrected chi connectivity index (χ3v) is 7.00. The first-order valence-corrected chi connectivity index (χ1v) is 12.0. The van der Waals surface area contributed by atoms with Gasteiger partial charge in [-0.15, -0.1) is 0 Å². The molecule has 1 aliphatic heterocycles. The number of phenolic OH excluding ortho intramolecular Hbond substituents is 2. The maximum Gasteiger partial charge on any atom is 0.340 e. The second-order valence-electron chi connectivity index (χ2n) is 8.79. The molecule has 0 atom stereocenters. The van der Waals surface area contributed by atoms with Crippen LogP contribution in [-0.4, -0.2) is 27.3 Å². The average molecular weight is 475 g/mol. The Morgan fingerprint density at radius 2 is 1.29 bits per heavy atom. The number of fused-ring (bicyclic) bond motifs is 1. The number of ether oxygens (including phenoxy) is 1. The van der Waals surface area contributed by atoms with Crippen molar-refractivity contribution < 1.29 is 29.6 Å². The molecule has 0 amide bonds. The highest BCUT2D eigenvalue weighted by atomic mass is 16.6. The molecular weight excluding hydrogens is 444 g/mol. The molecule has 1 aliphatic rings. The number of carbonyl (C=O) groups is 2. The van der Waals surface area contributed by atoms with E-state index in [1.807, 2.05) is 39.8 Å². The fourth-order valence-corrected chi connectivity index (χ4v) is 5.21. The van der Waals surface area contributed by atoms with E-state index in [-0.39, 0.29) is 28.2 Å². The van der Waals surface area contributed by atoms with Crippen molar-refractivity contribution in [2.45, 2.75) is 59.0 Å². The van der Waals surface area contributed by atoms with Gasteiger partial charge in [0.1, 0.15) is 11.5 Å². The summed E-state index contributed by atoms with van der Waals surface area (Å²) in [6.07, 6.45) is 2.13. The van der Waals surface area contributed by atoms with Gasteiger partial charge in [0.15, 0.2) is 5.60 Å². The number of hydrogen-bond donors (Lipinski definition) is 3. The normalized spacial score (nSPS) is 14.0. The standard InChI is InChI=1S/C29H30O6/c1-5-16-14-24(30)18(7-3)12-22(16)29(23-13-19(8-4)25(31)15-17(23)6-2)26-20(27(32)33)10-9-11-21(26)28(34)35-29/h9-15,30-31H,5-8H2,1-4H3,(H,32,33). The fourth-order valence-electron chi connectivity index (χ4n) is 5.21. The highest BCUT2D eigenvalue weighted by Gasteiger charge is 2.53. The number of aryl methyl sites for hydroxylation is 4. The van der Waals surface area contributed by atoms with Crippen LogP contribution in [0.25, 0.3) is 0 Å². The third-order valence-electron chi connectivity index (χ3n) is 7.00. The van der Waals surface area contributed by atoms with Gasteiger partial charge in [-0.05, 0) is 84.3 Å². The molecule has 0 saturated heterocycles. The average Bonchev–Trinajstić information content (AvgIpc) is 3.16. The Hall–Kier alpha value is -3.80. The van der Waals surface area contributed by atoms with Crippen LogP contribution in [0.1, 0.15) is 87.4 Å². The monoisotopic (exact) mass is 474 g/mol. The summed E-state index contributed by atoms with van der Waals surface area (Å²) in [6, 6.07) is 11.6. The summed E-state index contributed by atoms with van der Waals surface area (Å²) in [5, 5.41) is 31.4. The highest BCUT2D eigenvalue weighted by molar-refractivity contribution is 6.02. The Morgan fingerprint density at radius 1 is 0.800 bits per heavy atom. The van der Waals surface area contributed by atoms with Gasteiger partial charge in [-0.25, -0.2) is 9.59 Å². The minimum Gasteiger partial charge on any atom is -0.508 e. The van der Waals surface area contributed by atoms with Crippen molar-refractivity contribution >= 4 is 11.9 Å². The molecule has 0 radical (unpaired) electrons. The van der Waals surface area contributed by atoms with Crippen LogP contribution in [-0.2, 0) is 36.0 Å². The molecule has 0 bridgehead atoms. The number of benzene rings is 3. The van der Waals surface area contributed by atoms with E-state index in [2.05, 4.69) is 0 Å². The third kappa shape index (κ3) is 3.64. The van der Waals surface area contributed by atoms with Gasteiger partial charge in [-0.1, -0.05) is 33.8 Å². The fraction of sp³-hybridized carbons (Fsp3) is 0.310. The van der Waals surface area contributed by atoms with Gasteiger partial charge in [0, 0.05) is 16.7 Å². The lowest BCUT2D eigenvalue weighted by Crippen LogP contribution is -2.34. The number of phenols is 2. The minimum absolute atomic E-state index is 0.0188. The van der Waals surface area contributed by atoms with Crippen LogP contribution in [0.2, 0.25) is 0 Å². The predicted molar refractivity (Wildman–Crippen MR) is 132 cm³/mol. The molecule has 0 spiro atoms. The zero-order chi connectivity index (χ0) is 25.5. The summed E-state index contributed by atoms with van der Waals surface area (Å²) in [5.74, 6) is -1.47. The van der Waals surface area contributed by atoms with Crippen molar-refractivity contribution in [3.05, 3.63) is 92.5 Å². The number of carbonyl (C=O) groups excluding carboxylic acids is 1. The minimum atomic E-state index is -1.55. The van der Waals surface area contributed by atoms with Crippen molar-refractivity contribution in [3.8, 4) is 11.5 Å². The lowest BCUT2D eigenvalue weighted by Gasteiger charge is -2.35. The SMILES string of the molecule is CCc1cc(C2(c3cc(CC)c(O)cc3CC)OC(=O)c3cccc(C(=O)O)c32)c(CC)cc1O. The zero-order valence-corrected chi connectivity index (χ0v) is 20.4. The molecule has 6 nitrogen and oxygen atoms in total. The number of carboxylic acid groups (broad SMARTS) is 1. The topological polar surface area (TPSA) is 104 Å². The van der Waals surface area contributed by atoms with Crippen LogP contribution in [0.4, 0.5) is 0 Å². The Kier molecular flexibility index (Phi) is 6.32. The maximum absolute atomic E-state index is 13.3. The summed E-state index contributed by atoms with van der Waals surface area (Å²) >= 11 is 0. The molecule has 6 heteroatoms. The van der Waals surface area contributed by atoms with E-state index in [1.165, 1.54) is 6.07 Å². The lowest BCUT2D eigenvalue weighted by atomic mass is 9.73. The van der Waals surface area contributed by atoms with E-state index in [0.717, 1.165) is 11.1 Å². The first-order valence-electron chi connectivity index (χ1n) is 12.0. The first-order chi connectivity index (χ1) is 16.7. The molecule has 182 valence electrons. The van der Waals surface area contributed by atoms with Crippen LogP contribution >= 0.6 is 0 Å². The van der Waals surface area contributed by atoms with Gasteiger partial charge in [0.25, 0.3) is 0 Å². The number of aromatic hydroxyl groups is 2. The maximum atomic E-state index is 13.3. The number of esters is 1. The van der Waals surface area contributed by atoms with Crippen molar-refractivity contribution in [2.24, 2.45) is 0 Å². The van der Waals surface area contributed by atoms with Crippen molar-refractivity contribution in [3.63, 3.8) is 0 Å².